The van der Waals surface area contributed by atoms with E-state index < -0.39 is 0 Å². The van der Waals surface area contributed by atoms with Crippen LogP contribution in [0.2, 0.25) is 0 Å². The lowest BCUT2D eigenvalue weighted by Crippen LogP contribution is -2.45. The van der Waals surface area contributed by atoms with Gasteiger partial charge in [-0.1, -0.05) is 6.07 Å². The summed E-state index contributed by atoms with van der Waals surface area (Å²) in [5.41, 5.74) is 9.59. The molecule has 2 saturated heterocycles. The Balaban J connectivity index is 1.33. The lowest BCUT2D eigenvalue weighted by molar-refractivity contribution is 0.148. The molecule has 3 atom stereocenters. The highest BCUT2D eigenvalue weighted by Gasteiger charge is 2.40. The molecule has 6 nitrogen and oxygen atoms in total. The second-order valence-electron chi connectivity index (χ2n) is 7.03. The Labute approximate surface area is 147 Å². The number of rotatable bonds is 3. The molecule has 3 aliphatic heterocycles. The van der Waals surface area contributed by atoms with E-state index in [1.54, 1.807) is 0 Å². The van der Waals surface area contributed by atoms with Crippen molar-refractivity contribution in [2.24, 2.45) is 5.92 Å². The third-order valence-electron chi connectivity index (χ3n) is 5.51. The molecule has 1 aromatic carbocycles. The van der Waals surface area contributed by atoms with Crippen LogP contribution in [0, 0.1) is 5.92 Å². The minimum atomic E-state index is 0.291. The quantitative estimate of drug-likeness (QED) is 0.891. The Morgan fingerprint density at radius 1 is 1.08 bits per heavy atom. The Bertz CT molecular complexity index is 754. The predicted molar refractivity (Wildman–Crippen MR) is 93.0 cm³/mol. The van der Waals surface area contributed by atoms with Gasteiger partial charge >= 0.3 is 0 Å². The van der Waals surface area contributed by atoms with Gasteiger partial charge in [-0.15, -0.1) is 0 Å². The van der Waals surface area contributed by atoms with Gasteiger partial charge in [0.1, 0.15) is 0 Å². The molecule has 2 aromatic rings. The highest BCUT2D eigenvalue weighted by molar-refractivity contribution is 5.45. The van der Waals surface area contributed by atoms with Crippen LogP contribution in [-0.4, -0.2) is 35.8 Å². The number of benzene rings is 1. The zero-order chi connectivity index (χ0) is 16.6. The van der Waals surface area contributed by atoms with Gasteiger partial charge in [0, 0.05) is 44.0 Å². The van der Waals surface area contributed by atoms with Crippen LogP contribution in [0.4, 0.5) is 0 Å². The lowest BCUT2D eigenvalue weighted by Gasteiger charge is -2.36. The van der Waals surface area contributed by atoms with Gasteiger partial charge in [0.2, 0.25) is 6.79 Å². The summed E-state index contributed by atoms with van der Waals surface area (Å²) in [6.45, 7) is 3.50. The van der Waals surface area contributed by atoms with Gasteiger partial charge in [-0.3, -0.25) is 15.3 Å². The van der Waals surface area contributed by atoms with E-state index in [0.717, 1.165) is 37.6 Å². The van der Waals surface area contributed by atoms with Gasteiger partial charge in [0.05, 0.1) is 6.04 Å². The first-order valence-corrected chi connectivity index (χ1v) is 8.89. The number of fused-ring (bicyclic) bond motifs is 2. The van der Waals surface area contributed by atoms with Crippen molar-refractivity contribution in [2.45, 2.75) is 25.0 Å². The van der Waals surface area contributed by atoms with Crippen molar-refractivity contribution < 1.29 is 9.47 Å². The van der Waals surface area contributed by atoms with Crippen molar-refractivity contribution in [1.29, 1.82) is 0 Å². The first-order valence-electron chi connectivity index (χ1n) is 8.89. The first-order chi connectivity index (χ1) is 12.4. The van der Waals surface area contributed by atoms with Crippen LogP contribution >= 0.6 is 0 Å². The molecule has 4 heterocycles. The molecule has 130 valence electrons. The minimum absolute atomic E-state index is 0.291. The summed E-state index contributed by atoms with van der Waals surface area (Å²) in [5.74, 6) is 2.23. The Morgan fingerprint density at radius 2 is 1.96 bits per heavy atom. The van der Waals surface area contributed by atoms with Gasteiger partial charge in [-0.2, -0.15) is 0 Å². The van der Waals surface area contributed by atoms with Gasteiger partial charge < -0.3 is 9.47 Å². The second kappa shape index (κ2) is 6.29. The molecule has 1 aromatic heterocycles. The molecule has 3 aliphatic rings. The van der Waals surface area contributed by atoms with Gasteiger partial charge in [-0.25, -0.2) is 5.43 Å². The molecule has 0 amide bonds. The second-order valence-corrected chi connectivity index (χ2v) is 7.03. The fraction of sp³-hybridized carbons (Fsp3) is 0.421. The number of hydrogen-bond donors (Lipinski definition) is 2. The number of nitrogens with one attached hydrogen (secondary N) is 2. The molecule has 2 N–H and O–H groups in total. The number of likely N-dealkylation sites (tertiary alicyclic amines) is 1. The van der Waals surface area contributed by atoms with Crippen molar-refractivity contribution in [3.05, 3.63) is 53.9 Å². The summed E-state index contributed by atoms with van der Waals surface area (Å²) in [7, 11) is 0. The molecule has 5 rings (SSSR count). The van der Waals surface area contributed by atoms with E-state index in [1.807, 2.05) is 18.5 Å². The third kappa shape index (κ3) is 2.86. The number of hydrazine groups is 1. The highest BCUT2D eigenvalue weighted by atomic mass is 16.7. The smallest absolute Gasteiger partial charge is 0.231 e. The number of ether oxygens (including phenoxy) is 2. The zero-order valence-corrected chi connectivity index (χ0v) is 14.0. The zero-order valence-electron chi connectivity index (χ0n) is 14.0. The number of nitrogens with zero attached hydrogens (tertiary/aromatic N) is 2. The largest absolute Gasteiger partial charge is 0.454 e. The fourth-order valence-corrected chi connectivity index (χ4v) is 4.20. The molecule has 25 heavy (non-hydrogen) atoms. The van der Waals surface area contributed by atoms with Gasteiger partial charge in [0.25, 0.3) is 0 Å². The van der Waals surface area contributed by atoms with Crippen molar-refractivity contribution >= 4 is 0 Å². The molecule has 3 unspecified atom stereocenters. The van der Waals surface area contributed by atoms with Crippen LogP contribution in [0.15, 0.2) is 42.7 Å². The van der Waals surface area contributed by atoms with E-state index in [2.05, 4.69) is 45.0 Å². The predicted octanol–water partition coefficient (Wildman–Crippen LogP) is 1.85. The van der Waals surface area contributed by atoms with Gasteiger partial charge in [0.15, 0.2) is 11.5 Å². The van der Waals surface area contributed by atoms with Crippen LogP contribution in [-0.2, 0) is 6.54 Å². The topological polar surface area (TPSA) is 58.7 Å². The molecule has 0 aliphatic carbocycles. The maximum atomic E-state index is 5.55. The molecular weight excluding hydrogens is 316 g/mol. The fourth-order valence-electron chi connectivity index (χ4n) is 4.20. The summed E-state index contributed by atoms with van der Waals surface area (Å²) in [6, 6.07) is 11.3. The number of aromatic nitrogens is 1. The van der Waals surface area contributed by atoms with E-state index in [-0.39, 0.29) is 0 Å². The van der Waals surface area contributed by atoms with Crippen LogP contribution in [0.25, 0.3) is 0 Å². The number of pyridine rings is 1. The lowest BCUT2D eigenvalue weighted by atomic mass is 9.85. The van der Waals surface area contributed by atoms with E-state index in [9.17, 15) is 0 Å². The SMILES string of the molecule is c1cc(CN2CCC3NNC(c4ccc5c(c4)OCO5)C3C2)ccn1. The summed E-state index contributed by atoms with van der Waals surface area (Å²) in [5, 5.41) is 0. The van der Waals surface area contributed by atoms with E-state index in [4.69, 9.17) is 9.47 Å². The summed E-state index contributed by atoms with van der Waals surface area (Å²) in [6.07, 6.45) is 4.90. The van der Waals surface area contributed by atoms with Crippen molar-refractivity contribution in [3.8, 4) is 11.5 Å². The summed E-state index contributed by atoms with van der Waals surface area (Å²) >= 11 is 0. The van der Waals surface area contributed by atoms with Crippen LogP contribution < -0.4 is 20.3 Å². The van der Waals surface area contributed by atoms with Crippen molar-refractivity contribution in [3.63, 3.8) is 0 Å². The standard InChI is InChI=1S/C19H22N4O2/c1-2-17-18(25-12-24-17)9-14(1)19-15-11-23(8-5-16(15)21-22-19)10-13-3-6-20-7-4-13/h1-4,6-7,9,15-16,19,21-22H,5,8,10-12H2. The molecule has 2 fully saturated rings. The Morgan fingerprint density at radius 3 is 2.88 bits per heavy atom. The summed E-state index contributed by atoms with van der Waals surface area (Å²) < 4.78 is 11.0. The first kappa shape index (κ1) is 15.1. The maximum Gasteiger partial charge on any atom is 0.231 e. The minimum Gasteiger partial charge on any atom is -0.454 e. The van der Waals surface area contributed by atoms with E-state index in [1.165, 1.54) is 11.1 Å². The summed E-state index contributed by atoms with van der Waals surface area (Å²) in [4.78, 5) is 6.66. The van der Waals surface area contributed by atoms with E-state index >= 15 is 0 Å². The normalized spacial score (nSPS) is 28.1. The maximum absolute atomic E-state index is 5.55. The average molecular weight is 338 g/mol. The Hall–Kier alpha value is -2.15. The highest BCUT2D eigenvalue weighted by Crippen LogP contribution is 2.39. The molecule has 0 bridgehead atoms. The Kier molecular flexibility index (Phi) is 3.81. The molecule has 0 saturated carbocycles. The van der Waals surface area contributed by atoms with Gasteiger partial charge in [-0.05, 0) is 41.8 Å². The molecule has 0 spiro atoms. The molecule has 6 heteroatoms. The van der Waals surface area contributed by atoms with Crippen LogP contribution in [0.1, 0.15) is 23.6 Å². The van der Waals surface area contributed by atoms with Crippen molar-refractivity contribution in [1.82, 2.24) is 20.7 Å². The van der Waals surface area contributed by atoms with Crippen LogP contribution in [0.5, 0.6) is 11.5 Å². The molecular formula is C19H22N4O2. The third-order valence-corrected chi connectivity index (χ3v) is 5.51. The van der Waals surface area contributed by atoms with Crippen molar-refractivity contribution in [2.75, 3.05) is 19.9 Å². The number of piperidine rings is 1. The van der Waals surface area contributed by atoms with Crippen LogP contribution in [0.3, 0.4) is 0 Å². The monoisotopic (exact) mass is 338 g/mol. The average Bonchev–Trinajstić information content (AvgIpc) is 3.28. The molecule has 0 radical (unpaired) electrons. The van der Waals surface area contributed by atoms with E-state index in [0.29, 0.717) is 24.8 Å². The number of hydrogen-bond acceptors (Lipinski definition) is 6.